The summed E-state index contributed by atoms with van der Waals surface area (Å²) in [6.07, 6.45) is 3.15. The van der Waals surface area contributed by atoms with E-state index in [1.54, 1.807) is 0 Å². The maximum atomic E-state index is 11.7. The Hall–Kier alpha value is -2.29. The van der Waals surface area contributed by atoms with Crippen molar-refractivity contribution in [3.8, 4) is 16.9 Å². The van der Waals surface area contributed by atoms with Crippen molar-refractivity contribution in [1.82, 2.24) is 0 Å². The lowest BCUT2D eigenvalue weighted by Gasteiger charge is -2.14. The van der Waals surface area contributed by atoms with Crippen LogP contribution in [0.1, 0.15) is 58.1 Å². The van der Waals surface area contributed by atoms with E-state index in [-0.39, 0.29) is 12.1 Å². The zero-order valence-electron chi connectivity index (χ0n) is 15.5. The van der Waals surface area contributed by atoms with Gasteiger partial charge >= 0.3 is 5.97 Å². The third-order valence-corrected chi connectivity index (χ3v) is 4.08. The fourth-order valence-corrected chi connectivity index (χ4v) is 2.56. The molecule has 0 amide bonds. The van der Waals surface area contributed by atoms with Gasteiger partial charge in [-0.05, 0) is 48.6 Å². The maximum Gasteiger partial charge on any atom is 0.306 e. The molecule has 25 heavy (non-hydrogen) atoms. The van der Waals surface area contributed by atoms with Gasteiger partial charge in [0.05, 0.1) is 6.61 Å². The largest absolute Gasteiger partial charge is 0.494 e. The van der Waals surface area contributed by atoms with Crippen LogP contribution < -0.4 is 4.74 Å². The molecule has 0 spiro atoms. The molecule has 0 aliphatic rings. The van der Waals surface area contributed by atoms with Gasteiger partial charge in [0.25, 0.3) is 0 Å². The van der Waals surface area contributed by atoms with E-state index in [1.165, 1.54) is 0 Å². The Labute approximate surface area is 151 Å². The van der Waals surface area contributed by atoms with E-state index in [1.807, 2.05) is 31.2 Å². The van der Waals surface area contributed by atoms with E-state index < -0.39 is 0 Å². The quantitative estimate of drug-likeness (QED) is 0.530. The summed E-state index contributed by atoms with van der Waals surface area (Å²) in [6, 6.07) is 16.3. The molecular weight excluding hydrogens is 312 g/mol. The molecule has 3 nitrogen and oxygen atoms in total. The Morgan fingerprint density at radius 1 is 0.920 bits per heavy atom. The highest BCUT2D eigenvalue weighted by Crippen LogP contribution is 2.25. The lowest BCUT2D eigenvalue weighted by Crippen LogP contribution is -2.08. The van der Waals surface area contributed by atoms with Gasteiger partial charge in [0.1, 0.15) is 11.9 Å². The molecule has 2 rings (SSSR count). The Morgan fingerprint density at radius 2 is 1.52 bits per heavy atom. The molecule has 0 aliphatic carbocycles. The maximum absolute atomic E-state index is 11.7. The lowest BCUT2D eigenvalue weighted by molar-refractivity contribution is -0.148. The van der Waals surface area contributed by atoms with Crippen LogP contribution in [0.15, 0.2) is 48.5 Å². The van der Waals surface area contributed by atoms with Gasteiger partial charge in [0.2, 0.25) is 0 Å². The first-order chi connectivity index (χ1) is 12.1. The summed E-state index contributed by atoms with van der Waals surface area (Å²) in [5.74, 6) is 0.774. The van der Waals surface area contributed by atoms with Gasteiger partial charge in [-0.15, -0.1) is 0 Å². The first-order valence-corrected chi connectivity index (χ1v) is 9.16. The van der Waals surface area contributed by atoms with Crippen molar-refractivity contribution in [2.45, 2.75) is 52.6 Å². The molecule has 1 unspecified atom stereocenters. The number of hydrogen-bond acceptors (Lipinski definition) is 3. The SMILES string of the molecule is CCCCC(=O)OC(C)c1ccc(-c2ccc(OCCC)cc2)cc1. The highest BCUT2D eigenvalue weighted by molar-refractivity contribution is 5.69. The summed E-state index contributed by atoms with van der Waals surface area (Å²) >= 11 is 0. The molecule has 0 N–H and O–H groups in total. The molecule has 134 valence electrons. The van der Waals surface area contributed by atoms with Gasteiger partial charge < -0.3 is 9.47 Å². The predicted molar refractivity (Wildman–Crippen MR) is 102 cm³/mol. The fourth-order valence-electron chi connectivity index (χ4n) is 2.56. The number of rotatable bonds is 9. The summed E-state index contributed by atoms with van der Waals surface area (Å²) in [5.41, 5.74) is 3.29. The number of hydrogen-bond donors (Lipinski definition) is 0. The molecule has 0 fully saturated rings. The molecule has 0 bridgehead atoms. The molecule has 1 atom stereocenters. The summed E-state index contributed by atoms with van der Waals surface area (Å²) < 4.78 is 11.1. The first kappa shape index (κ1) is 19.0. The monoisotopic (exact) mass is 340 g/mol. The van der Waals surface area contributed by atoms with Crippen molar-refractivity contribution < 1.29 is 14.3 Å². The first-order valence-electron chi connectivity index (χ1n) is 9.16. The van der Waals surface area contributed by atoms with Gasteiger partial charge in [-0.1, -0.05) is 56.7 Å². The highest BCUT2D eigenvalue weighted by atomic mass is 16.5. The zero-order valence-corrected chi connectivity index (χ0v) is 15.5. The van der Waals surface area contributed by atoms with E-state index in [0.29, 0.717) is 6.42 Å². The van der Waals surface area contributed by atoms with Gasteiger partial charge in [-0.2, -0.15) is 0 Å². The third kappa shape index (κ3) is 5.93. The van der Waals surface area contributed by atoms with Gasteiger partial charge in [-0.25, -0.2) is 0 Å². The molecule has 0 radical (unpaired) electrons. The molecule has 0 saturated heterocycles. The van der Waals surface area contributed by atoms with E-state index in [9.17, 15) is 4.79 Å². The minimum Gasteiger partial charge on any atom is -0.494 e. The van der Waals surface area contributed by atoms with Crippen LogP contribution in [0.3, 0.4) is 0 Å². The Bertz CT molecular complexity index is 644. The standard InChI is InChI=1S/C22H28O3/c1-4-6-7-22(23)25-17(3)18-8-10-19(11-9-18)20-12-14-21(15-13-20)24-16-5-2/h8-15,17H,4-7,16H2,1-3H3. The average molecular weight is 340 g/mol. The second kappa shape index (κ2) is 9.87. The Kier molecular flexibility index (Phi) is 7.52. The summed E-state index contributed by atoms with van der Waals surface area (Å²) in [7, 11) is 0. The van der Waals surface area contributed by atoms with Crippen molar-refractivity contribution in [2.75, 3.05) is 6.61 Å². The van der Waals surface area contributed by atoms with Crippen molar-refractivity contribution in [3.05, 3.63) is 54.1 Å². The molecule has 3 heteroatoms. The minimum atomic E-state index is -0.219. The number of ether oxygens (including phenoxy) is 2. The molecule has 0 aromatic heterocycles. The number of carbonyl (C=O) groups is 1. The fraction of sp³-hybridized carbons (Fsp3) is 0.409. The number of benzene rings is 2. The average Bonchev–Trinajstić information content (AvgIpc) is 2.65. The number of unbranched alkanes of at least 4 members (excludes halogenated alkanes) is 1. The van der Waals surface area contributed by atoms with Crippen LogP contribution in [-0.2, 0) is 9.53 Å². The molecule has 2 aromatic rings. The van der Waals surface area contributed by atoms with Crippen LogP contribution in [0.4, 0.5) is 0 Å². The summed E-state index contributed by atoms with van der Waals surface area (Å²) in [4.78, 5) is 11.7. The van der Waals surface area contributed by atoms with Crippen LogP contribution in [0.5, 0.6) is 5.75 Å². The Morgan fingerprint density at radius 3 is 2.08 bits per heavy atom. The van der Waals surface area contributed by atoms with Crippen LogP contribution in [0, 0.1) is 0 Å². The van der Waals surface area contributed by atoms with Gasteiger partial charge in [-0.3, -0.25) is 4.79 Å². The second-order valence-corrected chi connectivity index (χ2v) is 6.23. The topological polar surface area (TPSA) is 35.5 Å². The van der Waals surface area contributed by atoms with Crippen molar-refractivity contribution in [3.63, 3.8) is 0 Å². The lowest BCUT2D eigenvalue weighted by atomic mass is 10.0. The number of carbonyl (C=O) groups excluding carboxylic acids is 1. The van der Waals surface area contributed by atoms with E-state index in [4.69, 9.17) is 9.47 Å². The van der Waals surface area contributed by atoms with Gasteiger partial charge in [0, 0.05) is 6.42 Å². The second-order valence-electron chi connectivity index (χ2n) is 6.23. The smallest absolute Gasteiger partial charge is 0.306 e. The van der Waals surface area contributed by atoms with E-state index >= 15 is 0 Å². The molecule has 0 aliphatic heterocycles. The summed E-state index contributed by atoms with van der Waals surface area (Å²) in [5, 5.41) is 0. The van der Waals surface area contributed by atoms with Crippen molar-refractivity contribution >= 4 is 5.97 Å². The molecular formula is C22H28O3. The third-order valence-electron chi connectivity index (χ3n) is 4.08. The van der Waals surface area contributed by atoms with Crippen LogP contribution in [-0.4, -0.2) is 12.6 Å². The predicted octanol–water partition coefficient (Wildman–Crippen LogP) is 5.94. The van der Waals surface area contributed by atoms with Gasteiger partial charge in [0.15, 0.2) is 0 Å². The van der Waals surface area contributed by atoms with Crippen LogP contribution in [0.25, 0.3) is 11.1 Å². The molecule has 0 saturated carbocycles. The van der Waals surface area contributed by atoms with E-state index in [2.05, 4.69) is 38.1 Å². The normalized spacial score (nSPS) is 11.8. The van der Waals surface area contributed by atoms with Crippen molar-refractivity contribution in [2.24, 2.45) is 0 Å². The van der Waals surface area contributed by atoms with Crippen LogP contribution in [0.2, 0.25) is 0 Å². The molecule has 0 heterocycles. The Balaban J connectivity index is 1.98. The minimum absolute atomic E-state index is 0.124. The van der Waals surface area contributed by atoms with Crippen molar-refractivity contribution in [1.29, 1.82) is 0 Å². The number of esters is 1. The highest BCUT2D eigenvalue weighted by Gasteiger charge is 2.11. The zero-order chi connectivity index (χ0) is 18.1. The summed E-state index contributed by atoms with van der Waals surface area (Å²) in [6.45, 7) is 6.82. The van der Waals surface area contributed by atoms with Crippen LogP contribution >= 0.6 is 0 Å². The molecule has 2 aromatic carbocycles. The van der Waals surface area contributed by atoms with E-state index in [0.717, 1.165) is 48.3 Å².